The van der Waals surface area contributed by atoms with Gasteiger partial charge in [0.1, 0.15) is 6.04 Å². The number of nitrogens with one attached hydrogen (secondary N) is 2. The van der Waals surface area contributed by atoms with E-state index in [1.807, 2.05) is 36.5 Å². The van der Waals surface area contributed by atoms with Crippen molar-refractivity contribution in [3.05, 3.63) is 59.8 Å². The second-order valence-corrected chi connectivity index (χ2v) is 10.8. The van der Waals surface area contributed by atoms with Gasteiger partial charge in [0, 0.05) is 42.0 Å². The number of piperidine rings is 1. The van der Waals surface area contributed by atoms with E-state index < -0.39 is 17.6 Å². The summed E-state index contributed by atoms with van der Waals surface area (Å²) in [6, 6.07) is 12.0. The maximum Gasteiger partial charge on any atom is 0.328 e. The van der Waals surface area contributed by atoms with E-state index in [1.165, 1.54) is 14.2 Å². The third kappa shape index (κ3) is 5.46. The predicted molar refractivity (Wildman–Crippen MR) is 146 cm³/mol. The largest absolute Gasteiger partial charge is 0.504 e. The summed E-state index contributed by atoms with van der Waals surface area (Å²) in [6.07, 6.45) is 6.29. The molecule has 4 atom stereocenters. The number of phenols is 1. The number of aromatic hydroxyl groups is 1. The highest BCUT2D eigenvalue weighted by molar-refractivity contribution is 5.88. The topological polar surface area (TPSA) is 124 Å². The van der Waals surface area contributed by atoms with Crippen molar-refractivity contribution in [1.29, 1.82) is 0 Å². The van der Waals surface area contributed by atoms with Gasteiger partial charge in [-0.1, -0.05) is 37.1 Å². The number of aliphatic hydroxyl groups is 1. The van der Waals surface area contributed by atoms with Crippen molar-refractivity contribution in [3.8, 4) is 11.5 Å². The number of para-hydroxylation sites is 1. The quantitative estimate of drug-likeness (QED) is 0.326. The number of rotatable bonds is 8. The number of H-pyrrole nitrogens is 1. The highest BCUT2D eigenvalue weighted by atomic mass is 16.5. The van der Waals surface area contributed by atoms with E-state index in [0.717, 1.165) is 47.7 Å². The SMILES string of the molecule is COC(=O)C(Cc1c[nH]c2ccccc12)NC(=O)CN1CC[C@@]2(O)CCCC[C@H]2[C@@H]1c1ccc(O)c(OC)c1. The molecular weight excluding hydrogens is 498 g/mol. The zero-order valence-electron chi connectivity index (χ0n) is 22.5. The average molecular weight is 536 g/mol. The van der Waals surface area contributed by atoms with E-state index in [1.54, 1.807) is 12.1 Å². The van der Waals surface area contributed by atoms with Gasteiger partial charge in [-0.2, -0.15) is 0 Å². The van der Waals surface area contributed by atoms with E-state index in [4.69, 9.17) is 9.47 Å². The van der Waals surface area contributed by atoms with Gasteiger partial charge < -0.3 is 30.0 Å². The van der Waals surface area contributed by atoms with Crippen LogP contribution in [0.3, 0.4) is 0 Å². The van der Waals surface area contributed by atoms with Crippen LogP contribution in [0, 0.1) is 5.92 Å². The zero-order valence-corrected chi connectivity index (χ0v) is 22.5. The number of likely N-dealkylation sites (tertiary alicyclic amines) is 1. The van der Waals surface area contributed by atoms with Crippen LogP contribution >= 0.6 is 0 Å². The van der Waals surface area contributed by atoms with Gasteiger partial charge in [-0.3, -0.25) is 9.69 Å². The molecule has 4 N–H and O–H groups in total. The normalized spacial score (nSPS) is 24.1. The van der Waals surface area contributed by atoms with Gasteiger partial charge in [-0.25, -0.2) is 4.79 Å². The first-order valence-electron chi connectivity index (χ1n) is 13.6. The number of ether oxygens (including phenoxy) is 2. The Kier molecular flexibility index (Phi) is 7.81. The first-order valence-corrected chi connectivity index (χ1v) is 13.6. The number of benzene rings is 2. The fourth-order valence-electron chi connectivity index (χ4n) is 6.52. The van der Waals surface area contributed by atoms with Crippen LogP contribution in [0.25, 0.3) is 10.9 Å². The highest BCUT2D eigenvalue weighted by Gasteiger charge is 2.49. The lowest BCUT2D eigenvalue weighted by Gasteiger charge is -2.52. The molecule has 1 saturated carbocycles. The molecule has 1 amide bonds. The Bertz CT molecular complexity index is 1340. The van der Waals surface area contributed by atoms with Crippen LogP contribution in [0.5, 0.6) is 11.5 Å². The molecule has 0 radical (unpaired) electrons. The Morgan fingerprint density at radius 3 is 2.79 bits per heavy atom. The molecule has 9 nitrogen and oxygen atoms in total. The molecule has 2 aliphatic rings. The molecule has 2 heterocycles. The molecule has 5 rings (SSSR count). The molecule has 1 aromatic heterocycles. The summed E-state index contributed by atoms with van der Waals surface area (Å²) in [5, 5.41) is 25.6. The van der Waals surface area contributed by atoms with Crippen LogP contribution in [0.1, 0.15) is 49.3 Å². The standard InChI is InChI=1S/C30H37N3O6/c1-38-26-16-19(10-11-25(26)34)28-22-8-5-6-12-30(22,37)13-14-33(28)18-27(35)32-24(29(36)39-2)15-20-17-31-23-9-4-3-7-21(20)23/h3-4,7,9-11,16-17,22,24,28,31,34,37H,5-6,8,12-15,18H2,1-2H3,(H,32,35)/t22-,24?,28-,30-/m0/s1. The van der Waals surface area contributed by atoms with Gasteiger partial charge in [0.15, 0.2) is 11.5 Å². The van der Waals surface area contributed by atoms with Crippen LogP contribution < -0.4 is 10.1 Å². The number of phenolic OH excluding ortho intramolecular Hbond substituents is 1. The summed E-state index contributed by atoms with van der Waals surface area (Å²) < 4.78 is 10.4. The second kappa shape index (κ2) is 11.3. The molecule has 1 aliphatic carbocycles. The fourth-order valence-corrected chi connectivity index (χ4v) is 6.52. The first kappa shape index (κ1) is 27.0. The molecular formula is C30H37N3O6. The third-order valence-corrected chi connectivity index (χ3v) is 8.48. The van der Waals surface area contributed by atoms with Crippen LogP contribution in [0.2, 0.25) is 0 Å². The van der Waals surface area contributed by atoms with Crippen LogP contribution in [-0.4, -0.2) is 70.9 Å². The van der Waals surface area contributed by atoms with Gasteiger partial charge in [0.05, 0.1) is 26.4 Å². The van der Waals surface area contributed by atoms with E-state index in [-0.39, 0.29) is 30.2 Å². The van der Waals surface area contributed by atoms with Crippen molar-refractivity contribution in [1.82, 2.24) is 15.2 Å². The second-order valence-electron chi connectivity index (χ2n) is 10.8. The van der Waals surface area contributed by atoms with E-state index in [2.05, 4.69) is 15.2 Å². The summed E-state index contributed by atoms with van der Waals surface area (Å²) in [7, 11) is 2.82. The van der Waals surface area contributed by atoms with Gasteiger partial charge in [-0.15, -0.1) is 0 Å². The number of fused-ring (bicyclic) bond motifs is 2. The lowest BCUT2D eigenvalue weighted by Crippen LogP contribution is -2.57. The van der Waals surface area contributed by atoms with Gasteiger partial charge >= 0.3 is 5.97 Å². The van der Waals surface area contributed by atoms with Crippen LogP contribution in [-0.2, 0) is 20.7 Å². The number of nitrogens with zero attached hydrogens (tertiary/aromatic N) is 1. The molecule has 1 saturated heterocycles. The lowest BCUT2D eigenvalue weighted by atomic mass is 9.66. The number of aromatic amines is 1. The number of aromatic nitrogens is 1. The average Bonchev–Trinajstić information content (AvgIpc) is 3.35. The van der Waals surface area contributed by atoms with Crippen molar-refractivity contribution in [2.24, 2.45) is 5.92 Å². The number of amides is 1. The Labute approximate surface area is 228 Å². The minimum absolute atomic E-state index is 0.0402. The van der Waals surface area contributed by atoms with E-state index >= 15 is 0 Å². The maximum atomic E-state index is 13.4. The molecule has 0 bridgehead atoms. The summed E-state index contributed by atoms with van der Waals surface area (Å²) in [5.41, 5.74) is 1.96. The Hall–Kier alpha value is -3.56. The molecule has 208 valence electrons. The van der Waals surface area contributed by atoms with Crippen molar-refractivity contribution >= 4 is 22.8 Å². The number of methoxy groups -OCH3 is 2. The van der Waals surface area contributed by atoms with Crippen molar-refractivity contribution in [2.75, 3.05) is 27.3 Å². The molecule has 9 heteroatoms. The summed E-state index contributed by atoms with van der Waals surface area (Å²) >= 11 is 0. The van der Waals surface area contributed by atoms with Crippen LogP contribution in [0.15, 0.2) is 48.7 Å². The summed E-state index contributed by atoms with van der Waals surface area (Å²) in [6.45, 7) is 0.585. The minimum Gasteiger partial charge on any atom is -0.504 e. The summed E-state index contributed by atoms with van der Waals surface area (Å²) in [5.74, 6) is -0.467. The molecule has 2 fully saturated rings. The Morgan fingerprint density at radius 1 is 1.18 bits per heavy atom. The predicted octanol–water partition coefficient (Wildman–Crippen LogP) is 3.45. The first-order chi connectivity index (χ1) is 18.8. The minimum atomic E-state index is -0.842. The van der Waals surface area contributed by atoms with Crippen molar-refractivity contribution in [2.45, 2.75) is 56.2 Å². The number of carbonyl (C=O) groups excluding carboxylic acids is 2. The van der Waals surface area contributed by atoms with Gasteiger partial charge in [0.2, 0.25) is 5.91 Å². The fraction of sp³-hybridized carbons (Fsp3) is 0.467. The van der Waals surface area contributed by atoms with Gasteiger partial charge in [-0.05, 0) is 48.6 Å². The zero-order chi connectivity index (χ0) is 27.6. The van der Waals surface area contributed by atoms with Crippen molar-refractivity contribution in [3.63, 3.8) is 0 Å². The molecule has 39 heavy (non-hydrogen) atoms. The monoisotopic (exact) mass is 535 g/mol. The number of hydrogen-bond acceptors (Lipinski definition) is 7. The molecule has 0 spiro atoms. The Morgan fingerprint density at radius 2 is 2.00 bits per heavy atom. The maximum absolute atomic E-state index is 13.4. The number of esters is 1. The van der Waals surface area contributed by atoms with E-state index in [0.29, 0.717) is 25.1 Å². The molecule has 1 aliphatic heterocycles. The highest BCUT2D eigenvalue weighted by Crippen LogP contribution is 2.50. The lowest BCUT2D eigenvalue weighted by molar-refractivity contribution is -0.146. The van der Waals surface area contributed by atoms with Crippen LogP contribution in [0.4, 0.5) is 0 Å². The number of hydrogen-bond donors (Lipinski definition) is 4. The molecule has 1 unspecified atom stereocenters. The smallest absolute Gasteiger partial charge is 0.328 e. The van der Waals surface area contributed by atoms with Crippen molar-refractivity contribution < 1.29 is 29.3 Å². The molecule has 3 aromatic rings. The summed E-state index contributed by atoms with van der Waals surface area (Å²) in [4.78, 5) is 31.4. The third-order valence-electron chi connectivity index (χ3n) is 8.48. The number of carbonyl (C=O) groups is 2. The van der Waals surface area contributed by atoms with Gasteiger partial charge in [0.25, 0.3) is 0 Å². The Balaban J connectivity index is 1.38. The van der Waals surface area contributed by atoms with E-state index in [9.17, 15) is 19.8 Å². The molecule has 2 aromatic carbocycles.